The van der Waals surface area contributed by atoms with Crippen molar-refractivity contribution < 1.29 is 123 Å². The standard InChI is InChI=1S/C5H8O4.2K/c1-2-3(4(6)7)5(8)9;;/h3H,2H2,1H3,(H,6,7)(H,8,9);;/q;2*+1/p-2. The first-order valence-corrected chi connectivity index (χ1v) is 2.51. The summed E-state index contributed by atoms with van der Waals surface area (Å²) >= 11 is 0. The average Bonchev–Trinajstić information content (AvgIpc) is 1.64. The van der Waals surface area contributed by atoms with Gasteiger partial charge < -0.3 is 19.8 Å². The average molecular weight is 208 g/mol. The van der Waals surface area contributed by atoms with E-state index in [0.29, 0.717) is 0 Å². The second kappa shape index (κ2) is 10.3. The van der Waals surface area contributed by atoms with Crippen molar-refractivity contribution in [2.45, 2.75) is 13.3 Å². The van der Waals surface area contributed by atoms with E-state index in [9.17, 15) is 19.8 Å². The summed E-state index contributed by atoms with van der Waals surface area (Å²) in [5.74, 6) is -4.64. The summed E-state index contributed by atoms with van der Waals surface area (Å²) in [6.07, 6.45) is 0.00463. The molecule has 0 aromatic heterocycles. The Morgan fingerprint density at radius 1 is 1.18 bits per heavy atom. The molecule has 0 aliphatic carbocycles. The fourth-order valence-electron chi connectivity index (χ4n) is 0.430. The van der Waals surface area contributed by atoms with E-state index in [-0.39, 0.29) is 109 Å². The third-order valence-corrected chi connectivity index (χ3v) is 0.977. The molecule has 52 valence electrons. The molecule has 0 heterocycles. The molecule has 0 aliphatic rings. The van der Waals surface area contributed by atoms with Gasteiger partial charge in [-0.15, -0.1) is 0 Å². The normalized spacial score (nSPS) is 7.82. The van der Waals surface area contributed by atoms with E-state index in [0.717, 1.165) is 0 Å². The van der Waals surface area contributed by atoms with Gasteiger partial charge >= 0.3 is 103 Å². The number of rotatable bonds is 3. The monoisotopic (exact) mass is 208 g/mol. The first-order valence-electron chi connectivity index (χ1n) is 2.51. The summed E-state index contributed by atoms with van der Waals surface area (Å²) in [5.41, 5.74) is 0. The molecule has 4 nitrogen and oxygen atoms in total. The van der Waals surface area contributed by atoms with Gasteiger partial charge in [-0.1, -0.05) is 6.92 Å². The number of carbonyl (C=O) groups excluding carboxylic acids is 2. The maximum absolute atomic E-state index is 9.84. The van der Waals surface area contributed by atoms with Crippen LogP contribution in [-0.2, 0) is 9.59 Å². The van der Waals surface area contributed by atoms with Crippen molar-refractivity contribution in [2.24, 2.45) is 5.92 Å². The molecule has 0 fully saturated rings. The van der Waals surface area contributed by atoms with Crippen LogP contribution in [0.2, 0.25) is 0 Å². The molecule has 0 aromatic rings. The summed E-state index contributed by atoms with van der Waals surface area (Å²) < 4.78 is 0. The van der Waals surface area contributed by atoms with Crippen LogP contribution in [0.4, 0.5) is 0 Å². The van der Waals surface area contributed by atoms with Gasteiger partial charge in [0.15, 0.2) is 0 Å². The molecule has 0 saturated heterocycles. The maximum atomic E-state index is 9.84. The molecule has 0 amide bonds. The van der Waals surface area contributed by atoms with E-state index < -0.39 is 17.9 Å². The van der Waals surface area contributed by atoms with Crippen LogP contribution in [0.15, 0.2) is 0 Å². The smallest absolute Gasteiger partial charge is 0.549 e. The van der Waals surface area contributed by atoms with E-state index in [1.54, 1.807) is 0 Å². The SMILES string of the molecule is CCC(C(=O)[O-])C(=O)[O-].[K+].[K+]. The molecule has 0 N–H and O–H groups in total. The van der Waals surface area contributed by atoms with Gasteiger partial charge in [0, 0.05) is 5.92 Å². The summed E-state index contributed by atoms with van der Waals surface area (Å²) in [7, 11) is 0. The number of hydrogen-bond acceptors (Lipinski definition) is 4. The van der Waals surface area contributed by atoms with E-state index >= 15 is 0 Å². The van der Waals surface area contributed by atoms with Crippen molar-refractivity contribution in [3.63, 3.8) is 0 Å². The zero-order valence-corrected chi connectivity index (χ0v) is 13.2. The third kappa shape index (κ3) is 8.54. The topological polar surface area (TPSA) is 80.3 Å². The molecule has 0 unspecified atom stereocenters. The van der Waals surface area contributed by atoms with Crippen LogP contribution in [0.3, 0.4) is 0 Å². The van der Waals surface area contributed by atoms with E-state index in [1.807, 2.05) is 0 Å². The van der Waals surface area contributed by atoms with E-state index in [2.05, 4.69) is 0 Å². The van der Waals surface area contributed by atoms with Crippen LogP contribution in [0.5, 0.6) is 0 Å². The Labute approximate surface area is 150 Å². The zero-order valence-electron chi connectivity index (χ0n) is 6.92. The van der Waals surface area contributed by atoms with Gasteiger partial charge in [-0.25, -0.2) is 0 Å². The summed E-state index contributed by atoms with van der Waals surface area (Å²) in [6, 6.07) is 0. The molecule has 0 atom stereocenters. The molecule has 11 heavy (non-hydrogen) atoms. The van der Waals surface area contributed by atoms with Crippen LogP contribution in [0.25, 0.3) is 0 Å². The molecule has 0 aromatic carbocycles. The Morgan fingerprint density at radius 3 is 1.45 bits per heavy atom. The molecule has 0 saturated carbocycles. The number of carbonyl (C=O) groups is 2. The predicted octanol–water partition coefficient (Wildman–Crippen LogP) is -8.48. The first kappa shape index (κ1) is 18.9. The summed E-state index contributed by atoms with van der Waals surface area (Å²) in [5, 5.41) is 19.7. The van der Waals surface area contributed by atoms with E-state index in [4.69, 9.17) is 0 Å². The second-order valence-electron chi connectivity index (χ2n) is 1.60. The minimum Gasteiger partial charge on any atom is -0.549 e. The van der Waals surface area contributed by atoms with Crippen molar-refractivity contribution in [3.05, 3.63) is 0 Å². The first-order chi connectivity index (χ1) is 4.09. The fourth-order valence-corrected chi connectivity index (χ4v) is 0.430. The zero-order chi connectivity index (χ0) is 7.44. The summed E-state index contributed by atoms with van der Waals surface area (Å²) in [6.45, 7) is 1.44. The van der Waals surface area contributed by atoms with Gasteiger partial charge in [0.1, 0.15) is 0 Å². The molecular formula is C5H6K2O4. The van der Waals surface area contributed by atoms with Crippen molar-refractivity contribution in [1.82, 2.24) is 0 Å². The fraction of sp³-hybridized carbons (Fsp3) is 0.600. The number of aliphatic carboxylic acids is 2. The Balaban J connectivity index is -0.000000320. The molecule has 6 heteroatoms. The Morgan fingerprint density at radius 2 is 1.45 bits per heavy atom. The number of hydrogen-bond donors (Lipinski definition) is 0. The van der Waals surface area contributed by atoms with Gasteiger partial charge in [-0.05, 0) is 6.42 Å². The largest absolute Gasteiger partial charge is 1.00 e. The molecule has 0 radical (unpaired) electrons. The van der Waals surface area contributed by atoms with Crippen molar-refractivity contribution >= 4 is 11.9 Å². The second-order valence-corrected chi connectivity index (χ2v) is 1.60. The molecule has 0 rings (SSSR count). The van der Waals surface area contributed by atoms with Crippen molar-refractivity contribution in [3.8, 4) is 0 Å². The van der Waals surface area contributed by atoms with Crippen LogP contribution >= 0.6 is 0 Å². The van der Waals surface area contributed by atoms with Crippen LogP contribution < -0.4 is 113 Å². The predicted molar refractivity (Wildman–Crippen MR) is 23.8 cm³/mol. The Hall–Kier alpha value is 2.21. The van der Waals surface area contributed by atoms with Crippen molar-refractivity contribution in [2.75, 3.05) is 0 Å². The van der Waals surface area contributed by atoms with Gasteiger partial charge in [0.25, 0.3) is 0 Å². The maximum Gasteiger partial charge on any atom is 1.00 e. The molecule has 0 aliphatic heterocycles. The van der Waals surface area contributed by atoms with Crippen LogP contribution in [0.1, 0.15) is 13.3 Å². The summed E-state index contributed by atoms with van der Waals surface area (Å²) in [4.78, 5) is 19.7. The van der Waals surface area contributed by atoms with E-state index in [1.165, 1.54) is 6.92 Å². The van der Waals surface area contributed by atoms with Gasteiger partial charge in [0.05, 0.1) is 11.9 Å². The molecule has 0 bridgehead atoms. The van der Waals surface area contributed by atoms with Gasteiger partial charge in [-0.2, -0.15) is 0 Å². The third-order valence-electron chi connectivity index (χ3n) is 0.977. The minimum atomic E-state index is -1.59. The van der Waals surface area contributed by atoms with Crippen LogP contribution in [0, 0.1) is 5.92 Å². The number of carboxylic acid groups (broad SMARTS) is 2. The molecular weight excluding hydrogens is 202 g/mol. The molecule has 0 spiro atoms. The van der Waals surface area contributed by atoms with Crippen LogP contribution in [-0.4, -0.2) is 11.9 Å². The Kier molecular flexibility index (Phi) is 17.7. The van der Waals surface area contributed by atoms with Gasteiger partial charge in [-0.3, -0.25) is 0 Å². The Bertz CT molecular complexity index is 122. The van der Waals surface area contributed by atoms with Crippen molar-refractivity contribution in [1.29, 1.82) is 0 Å². The number of carboxylic acids is 2. The van der Waals surface area contributed by atoms with Gasteiger partial charge in [0.2, 0.25) is 0 Å². The quantitative estimate of drug-likeness (QED) is 0.341. The minimum absolute atomic E-state index is 0.